The molecule has 1 aromatic rings. The number of halogens is 3. The van der Waals surface area contributed by atoms with Crippen LogP contribution in [-0.2, 0) is 10.3 Å². The van der Waals surface area contributed by atoms with Crippen molar-refractivity contribution in [2.24, 2.45) is 5.92 Å². The Kier molecular flexibility index (Phi) is 7.47. The molecule has 0 aliphatic carbocycles. The maximum absolute atomic E-state index is 12.5. The molecule has 1 fully saturated rings. The van der Waals surface area contributed by atoms with Gasteiger partial charge in [-0.15, -0.1) is 12.4 Å². The molecule has 1 aromatic carbocycles. The summed E-state index contributed by atoms with van der Waals surface area (Å²) >= 11 is 12.1. The number of benzene rings is 1. The number of carbonyl (C=O) groups excluding carboxylic acids is 1. The molecular weight excluding hydrogens is 343 g/mol. The Morgan fingerprint density at radius 3 is 2.50 bits per heavy atom. The molecule has 0 bridgehead atoms. The first kappa shape index (κ1) is 19.6. The summed E-state index contributed by atoms with van der Waals surface area (Å²) in [6, 6.07) is 5.61. The molecule has 124 valence electrons. The van der Waals surface area contributed by atoms with Crippen LogP contribution >= 0.6 is 35.6 Å². The lowest BCUT2D eigenvalue weighted by atomic mass is 9.84. The lowest BCUT2D eigenvalue weighted by Gasteiger charge is -2.35. The normalized spacial score (nSPS) is 17.9. The third-order valence-electron chi connectivity index (χ3n) is 4.47. The van der Waals surface area contributed by atoms with Crippen LogP contribution in [0, 0.1) is 5.92 Å². The van der Waals surface area contributed by atoms with Crippen molar-refractivity contribution in [2.75, 3.05) is 13.1 Å². The highest BCUT2D eigenvalue weighted by atomic mass is 35.5. The van der Waals surface area contributed by atoms with E-state index < -0.39 is 0 Å². The van der Waals surface area contributed by atoms with E-state index in [0.717, 1.165) is 37.9 Å². The van der Waals surface area contributed by atoms with E-state index >= 15 is 0 Å². The highest BCUT2D eigenvalue weighted by Gasteiger charge is 2.33. The zero-order valence-corrected chi connectivity index (χ0v) is 15.2. The summed E-state index contributed by atoms with van der Waals surface area (Å²) in [6.45, 7) is 5.84. The molecule has 1 atom stereocenters. The van der Waals surface area contributed by atoms with Crippen LogP contribution in [0.5, 0.6) is 0 Å². The minimum absolute atomic E-state index is 0. The van der Waals surface area contributed by atoms with Gasteiger partial charge in [0.25, 0.3) is 0 Å². The fourth-order valence-corrected chi connectivity index (χ4v) is 3.22. The molecule has 1 saturated heterocycles. The molecule has 1 aliphatic heterocycles. The molecule has 1 unspecified atom stereocenters. The zero-order valence-electron chi connectivity index (χ0n) is 12.9. The number of nitrogens with one attached hydrogen (secondary N) is 2. The molecule has 2 N–H and O–H groups in total. The molecule has 1 aliphatic rings. The first-order chi connectivity index (χ1) is 10.0. The van der Waals surface area contributed by atoms with Gasteiger partial charge in [-0.3, -0.25) is 4.79 Å². The molecule has 0 aromatic heterocycles. The van der Waals surface area contributed by atoms with Crippen molar-refractivity contribution in [2.45, 2.75) is 38.6 Å². The van der Waals surface area contributed by atoms with Gasteiger partial charge in [0.2, 0.25) is 5.91 Å². The second-order valence-electron chi connectivity index (χ2n) is 5.60. The van der Waals surface area contributed by atoms with E-state index in [1.165, 1.54) is 0 Å². The van der Waals surface area contributed by atoms with Crippen LogP contribution in [0.25, 0.3) is 0 Å². The molecule has 0 radical (unpaired) electrons. The summed E-state index contributed by atoms with van der Waals surface area (Å²) in [7, 11) is 0. The lowest BCUT2D eigenvalue weighted by molar-refractivity contribution is -0.126. The van der Waals surface area contributed by atoms with Gasteiger partial charge in [0.15, 0.2) is 0 Å². The number of carbonyl (C=O) groups is 1. The predicted octanol–water partition coefficient (Wildman–Crippen LogP) is 4.16. The average Bonchev–Trinajstić information content (AvgIpc) is 3.02. The average molecular weight is 366 g/mol. The standard InChI is InChI=1S/C16H22Cl2N2O.ClH/c1-3-16(4-2,12-5-6-13(17)14(18)9-12)20-15(21)11-7-8-19-10-11;/h5-6,9,11,19H,3-4,7-8,10H2,1-2H3,(H,20,21);1H. The molecule has 22 heavy (non-hydrogen) atoms. The Hall–Kier alpha value is -0.480. The number of hydrogen-bond donors (Lipinski definition) is 2. The molecule has 6 heteroatoms. The van der Waals surface area contributed by atoms with Gasteiger partial charge in [-0.1, -0.05) is 43.1 Å². The minimum Gasteiger partial charge on any atom is -0.346 e. The SMILES string of the molecule is CCC(CC)(NC(=O)C1CCNC1)c1ccc(Cl)c(Cl)c1.Cl. The third kappa shape index (κ3) is 4.08. The van der Waals surface area contributed by atoms with Crippen LogP contribution in [0.1, 0.15) is 38.7 Å². The Labute approximate surface area is 148 Å². The molecular formula is C16H23Cl3N2O. The molecule has 0 saturated carbocycles. The first-order valence-corrected chi connectivity index (χ1v) is 8.26. The van der Waals surface area contributed by atoms with Crippen molar-refractivity contribution in [1.29, 1.82) is 0 Å². The molecule has 1 heterocycles. The lowest BCUT2D eigenvalue weighted by Crippen LogP contribution is -2.47. The van der Waals surface area contributed by atoms with Crippen molar-refractivity contribution in [3.05, 3.63) is 33.8 Å². The second kappa shape index (κ2) is 8.39. The molecule has 1 amide bonds. The van der Waals surface area contributed by atoms with Crippen LogP contribution in [-0.4, -0.2) is 19.0 Å². The number of rotatable bonds is 5. The largest absolute Gasteiger partial charge is 0.346 e. The topological polar surface area (TPSA) is 41.1 Å². The Morgan fingerprint density at radius 1 is 1.32 bits per heavy atom. The van der Waals surface area contributed by atoms with Crippen LogP contribution in [0.15, 0.2) is 18.2 Å². The monoisotopic (exact) mass is 364 g/mol. The maximum atomic E-state index is 12.5. The summed E-state index contributed by atoms with van der Waals surface area (Å²) < 4.78 is 0. The second-order valence-corrected chi connectivity index (χ2v) is 6.41. The van der Waals surface area contributed by atoms with E-state index in [1.807, 2.05) is 12.1 Å². The van der Waals surface area contributed by atoms with E-state index in [1.54, 1.807) is 6.07 Å². The third-order valence-corrected chi connectivity index (χ3v) is 5.21. The van der Waals surface area contributed by atoms with Crippen LogP contribution in [0.4, 0.5) is 0 Å². The van der Waals surface area contributed by atoms with Gasteiger partial charge in [0.05, 0.1) is 21.5 Å². The Morgan fingerprint density at radius 2 is 2.00 bits per heavy atom. The maximum Gasteiger partial charge on any atom is 0.225 e. The summed E-state index contributed by atoms with van der Waals surface area (Å²) in [6.07, 6.45) is 2.53. The number of hydrogen-bond acceptors (Lipinski definition) is 2. The fourth-order valence-electron chi connectivity index (χ4n) is 2.92. The van der Waals surface area contributed by atoms with Gasteiger partial charge in [-0.25, -0.2) is 0 Å². The van der Waals surface area contributed by atoms with E-state index in [9.17, 15) is 4.79 Å². The van der Waals surface area contributed by atoms with Crippen LogP contribution in [0.2, 0.25) is 10.0 Å². The zero-order chi connectivity index (χ0) is 15.5. The van der Waals surface area contributed by atoms with E-state index in [4.69, 9.17) is 23.2 Å². The van der Waals surface area contributed by atoms with Gasteiger partial charge in [-0.2, -0.15) is 0 Å². The summed E-state index contributed by atoms with van der Waals surface area (Å²) in [4.78, 5) is 12.5. The van der Waals surface area contributed by atoms with Crippen molar-refractivity contribution in [3.63, 3.8) is 0 Å². The van der Waals surface area contributed by atoms with Crippen molar-refractivity contribution >= 4 is 41.5 Å². The molecule has 3 nitrogen and oxygen atoms in total. The smallest absolute Gasteiger partial charge is 0.225 e. The van der Waals surface area contributed by atoms with E-state index in [0.29, 0.717) is 10.0 Å². The predicted molar refractivity (Wildman–Crippen MR) is 95.1 cm³/mol. The summed E-state index contributed by atoms with van der Waals surface area (Å²) in [5, 5.41) is 7.55. The Bertz CT molecular complexity index is 512. The fraction of sp³-hybridized carbons (Fsp3) is 0.562. The quantitative estimate of drug-likeness (QED) is 0.822. The minimum atomic E-state index is -0.381. The van der Waals surface area contributed by atoms with Crippen molar-refractivity contribution in [3.8, 4) is 0 Å². The van der Waals surface area contributed by atoms with Gasteiger partial charge in [0.1, 0.15) is 0 Å². The van der Waals surface area contributed by atoms with Crippen molar-refractivity contribution in [1.82, 2.24) is 10.6 Å². The van der Waals surface area contributed by atoms with Crippen molar-refractivity contribution < 1.29 is 4.79 Å². The van der Waals surface area contributed by atoms with Crippen LogP contribution < -0.4 is 10.6 Å². The molecule has 0 spiro atoms. The highest BCUT2D eigenvalue weighted by molar-refractivity contribution is 6.42. The van der Waals surface area contributed by atoms with Gasteiger partial charge in [-0.05, 0) is 43.5 Å². The Balaban J connectivity index is 0.00000242. The summed E-state index contributed by atoms with van der Waals surface area (Å²) in [5.41, 5.74) is 0.634. The van der Waals surface area contributed by atoms with Gasteiger partial charge >= 0.3 is 0 Å². The number of amides is 1. The van der Waals surface area contributed by atoms with E-state index in [2.05, 4.69) is 24.5 Å². The first-order valence-electron chi connectivity index (χ1n) is 7.50. The van der Waals surface area contributed by atoms with Crippen LogP contribution in [0.3, 0.4) is 0 Å². The van der Waals surface area contributed by atoms with Gasteiger partial charge < -0.3 is 10.6 Å². The molecule has 2 rings (SSSR count). The van der Waals surface area contributed by atoms with E-state index in [-0.39, 0.29) is 29.8 Å². The summed E-state index contributed by atoms with van der Waals surface area (Å²) in [5.74, 6) is 0.181. The van der Waals surface area contributed by atoms with Gasteiger partial charge in [0, 0.05) is 6.54 Å². The highest BCUT2D eigenvalue weighted by Crippen LogP contribution is 2.33.